The van der Waals surface area contributed by atoms with E-state index in [0.29, 0.717) is 12.2 Å². The lowest BCUT2D eigenvalue weighted by Gasteiger charge is -2.13. The van der Waals surface area contributed by atoms with Crippen molar-refractivity contribution >= 4 is 23.5 Å². The van der Waals surface area contributed by atoms with E-state index in [1.165, 1.54) is 11.2 Å². The summed E-state index contributed by atoms with van der Waals surface area (Å²) in [6, 6.07) is 16.4. The molecule has 0 fully saturated rings. The van der Waals surface area contributed by atoms with Gasteiger partial charge < -0.3 is 21.4 Å². The van der Waals surface area contributed by atoms with Gasteiger partial charge in [-0.2, -0.15) is 0 Å². The van der Waals surface area contributed by atoms with Crippen molar-refractivity contribution in [3.8, 4) is 0 Å². The molecule has 0 bridgehead atoms. The van der Waals surface area contributed by atoms with Crippen LogP contribution >= 0.6 is 0 Å². The van der Waals surface area contributed by atoms with Crippen molar-refractivity contribution in [2.45, 2.75) is 13.3 Å². The molecule has 5 nitrogen and oxygen atoms in total. The molecule has 0 aliphatic heterocycles. The standard InChI is InChI=1S/C22H30FN5/c1-2-14-26-21-9-5-18(6-10-21)3-4-19-7-11-22(12-8-19)27-16-20(24)17-28(25)15-13-23/h3-12,17,26-27H,2,13-16,24-25H2,1H3/b4-3+,20-17-. The van der Waals surface area contributed by atoms with Gasteiger partial charge in [-0.1, -0.05) is 43.3 Å². The fraction of sp³-hybridized carbons (Fsp3) is 0.273. The highest BCUT2D eigenvalue weighted by Crippen LogP contribution is 2.15. The van der Waals surface area contributed by atoms with Crippen molar-refractivity contribution < 1.29 is 4.39 Å². The molecule has 2 aromatic carbocycles. The molecular formula is C22H30FN5. The maximum absolute atomic E-state index is 12.2. The van der Waals surface area contributed by atoms with E-state index < -0.39 is 6.67 Å². The summed E-state index contributed by atoms with van der Waals surface area (Å²) >= 11 is 0. The zero-order valence-corrected chi connectivity index (χ0v) is 16.4. The monoisotopic (exact) mass is 383 g/mol. The van der Waals surface area contributed by atoms with Gasteiger partial charge >= 0.3 is 0 Å². The van der Waals surface area contributed by atoms with Crippen LogP contribution in [-0.2, 0) is 0 Å². The van der Waals surface area contributed by atoms with E-state index >= 15 is 0 Å². The topological polar surface area (TPSA) is 79.3 Å². The molecule has 0 atom stereocenters. The fourth-order valence-corrected chi connectivity index (χ4v) is 2.51. The summed E-state index contributed by atoms with van der Waals surface area (Å²) in [7, 11) is 0. The first-order valence-corrected chi connectivity index (χ1v) is 9.50. The maximum atomic E-state index is 12.2. The van der Waals surface area contributed by atoms with E-state index in [0.717, 1.165) is 35.5 Å². The lowest BCUT2D eigenvalue weighted by molar-refractivity contribution is 0.333. The van der Waals surface area contributed by atoms with Crippen LogP contribution in [0.25, 0.3) is 12.2 Å². The number of rotatable bonds is 11. The Kier molecular flexibility index (Phi) is 8.88. The number of halogens is 1. The molecule has 0 saturated carbocycles. The number of anilines is 2. The minimum atomic E-state index is -0.511. The zero-order chi connectivity index (χ0) is 20.2. The van der Waals surface area contributed by atoms with Gasteiger partial charge in [0, 0.05) is 29.8 Å². The van der Waals surface area contributed by atoms with Gasteiger partial charge in [0.25, 0.3) is 0 Å². The average molecular weight is 384 g/mol. The second-order valence-corrected chi connectivity index (χ2v) is 6.49. The van der Waals surface area contributed by atoms with Crippen LogP contribution in [-0.4, -0.2) is 31.3 Å². The van der Waals surface area contributed by atoms with Gasteiger partial charge in [-0.3, -0.25) is 0 Å². The highest BCUT2D eigenvalue weighted by atomic mass is 19.1. The van der Waals surface area contributed by atoms with Crippen LogP contribution in [0.15, 0.2) is 60.4 Å². The lowest BCUT2D eigenvalue weighted by atomic mass is 10.1. The Morgan fingerprint density at radius 2 is 1.50 bits per heavy atom. The first kappa shape index (κ1) is 21.3. The Hall–Kier alpha value is -2.99. The van der Waals surface area contributed by atoms with E-state index in [1.54, 1.807) is 0 Å². The van der Waals surface area contributed by atoms with E-state index in [4.69, 9.17) is 11.6 Å². The third-order valence-corrected chi connectivity index (χ3v) is 4.04. The zero-order valence-electron chi connectivity index (χ0n) is 16.4. The van der Waals surface area contributed by atoms with Gasteiger partial charge in [0.2, 0.25) is 0 Å². The van der Waals surface area contributed by atoms with Crippen molar-refractivity contribution in [2.24, 2.45) is 11.6 Å². The van der Waals surface area contributed by atoms with Crippen molar-refractivity contribution in [3.05, 3.63) is 71.6 Å². The number of nitrogens with zero attached hydrogens (tertiary/aromatic N) is 1. The smallest absolute Gasteiger partial charge is 0.108 e. The van der Waals surface area contributed by atoms with Crippen molar-refractivity contribution in [3.63, 3.8) is 0 Å². The molecule has 0 radical (unpaired) electrons. The second-order valence-electron chi connectivity index (χ2n) is 6.49. The minimum absolute atomic E-state index is 0.125. The average Bonchev–Trinajstić information content (AvgIpc) is 2.71. The molecule has 0 amide bonds. The summed E-state index contributed by atoms with van der Waals surface area (Å²) in [5.74, 6) is 5.58. The van der Waals surface area contributed by atoms with Gasteiger partial charge in [-0.05, 0) is 41.8 Å². The molecule has 0 saturated heterocycles. The van der Waals surface area contributed by atoms with E-state index in [9.17, 15) is 4.39 Å². The Balaban J connectivity index is 1.85. The van der Waals surface area contributed by atoms with Gasteiger partial charge in [-0.25, -0.2) is 10.2 Å². The Bertz CT molecular complexity index is 754. The number of hydrazine groups is 1. The molecule has 0 unspecified atom stereocenters. The van der Waals surface area contributed by atoms with Crippen molar-refractivity contribution in [1.29, 1.82) is 0 Å². The molecule has 6 N–H and O–H groups in total. The Labute approximate surface area is 166 Å². The van der Waals surface area contributed by atoms with Gasteiger partial charge in [0.1, 0.15) is 6.67 Å². The van der Waals surface area contributed by atoms with Crippen LogP contribution < -0.4 is 22.2 Å². The predicted molar refractivity (Wildman–Crippen MR) is 118 cm³/mol. The first-order chi connectivity index (χ1) is 13.6. The molecule has 28 heavy (non-hydrogen) atoms. The molecule has 150 valence electrons. The Morgan fingerprint density at radius 1 is 0.964 bits per heavy atom. The summed E-state index contributed by atoms with van der Waals surface area (Å²) in [6.45, 7) is 3.19. The molecule has 0 aliphatic carbocycles. The van der Waals surface area contributed by atoms with Crippen LogP contribution in [0.2, 0.25) is 0 Å². The number of hydrogen-bond acceptors (Lipinski definition) is 5. The van der Waals surface area contributed by atoms with Crippen LogP contribution in [0.1, 0.15) is 24.5 Å². The minimum Gasteiger partial charge on any atom is -0.399 e. The van der Waals surface area contributed by atoms with Gasteiger partial charge in [0.05, 0.1) is 13.1 Å². The highest BCUT2D eigenvalue weighted by Gasteiger charge is 1.97. The molecule has 2 rings (SSSR count). The molecule has 0 spiro atoms. The SMILES string of the molecule is CCCNc1ccc(/C=C/c2ccc(NC/C(N)=C/N(N)CCF)cc2)cc1. The summed E-state index contributed by atoms with van der Waals surface area (Å²) < 4.78 is 12.2. The van der Waals surface area contributed by atoms with E-state index in [1.807, 2.05) is 24.3 Å². The quantitative estimate of drug-likeness (QED) is 0.268. The second kappa shape index (κ2) is 11.7. The number of nitrogens with two attached hydrogens (primary N) is 2. The summed E-state index contributed by atoms with van der Waals surface area (Å²) in [5, 5.41) is 7.83. The van der Waals surface area contributed by atoms with Gasteiger partial charge in [-0.15, -0.1) is 0 Å². The van der Waals surface area contributed by atoms with Crippen LogP contribution in [0, 0.1) is 0 Å². The molecular weight excluding hydrogens is 353 g/mol. The third kappa shape index (κ3) is 7.72. The normalized spacial score (nSPS) is 11.6. The highest BCUT2D eigenvalue weighted by molar-refractivity contribution is 5.71. The predicted octanol–water partition coefficient (Wildman–Crippen LogP) is 4.04. The van der Waals surface area contributed by atoms with Gasteiger partial charge in [0.15, 0.2) is 0 Å². The summed E-state index contributed by atoms with van der Waals surface area (Å²) in [5.41, 5.74) is 10.8. The fourth-order valence-electron chi connectivity index (χ4n) is 2.51. The molecule has 0 aliphatic rings. The van der Waals surface area contributed by atoms with E-state index in [2.05, 4.69) is 54.0 Å². The summed E-state index contributed by atoms with van der Waals surface area (Å²) in [6.07, 6.45) is 6.82. The summed E-state index contributed by atoms with van der Waals surface area (Å²) in [4.78, 5) is 0. The Morgan fingerprint density at radius 3 is 2.00 bits per heavy atom. The molecule has 0 aromatic heterocycles. The number of benzene rings is 2. The first-order valence-electron chi connectivity index (χ1n) is 9.50. The van der Waals surface area contributed by atoms with Crippen LogP contribution in [0.5, 0.6) is 0 Å². The molecule has 6 heteroatoms. The van der Waals surface area contributed by atoms with Crippen LogP contribution in [0.3, 0.4) is 0 Å². The number of hydrogen-bond donors (Lipinski definition) is 4. The van der Waals surface area contributed by atoms with Crippen molar-refractivity contribution in [2.75, 3.05) is 36.9 Å². The van der Waals surface area contributed by atoms with Crippen LogP contribution in [0.4, 0.5) is 15.8 Å². The lowest BCUT2D eigenvalue weighted by Crippen LogP contribution is -2.29. The molecule has 2 aromatic rings. The van der Waals surface area contributed by atoms with E-state index in [-0.39, 0.29) is 6.54 Å². The van der Waals surface area contributed by atoms with Crippen molar-refractivity contribution in [1.82, 2.24) is 5.01 Å². The third-order valence-electron chi connectivity index (χ3n) is 4.04. The number of alkyl halides is 1. The number of nitrogens with one attached hydrogen (secondary N) is 2. The molecule has 0 heterocycles. The maximum Gasteiger partial charge on any atom is 0.108 e. The largest absolute Gasteiger partial charge is 0.399 e.